The molecule has 0 spiro atoms. The van der Waals surface area contributed by atoms with Crippen molar-refractivity contribution in [3.05, 3.63) is 35.5 Å². The molecule has 3 heterocycles. The van der Waals surface area contributed by atoms with Crippen LogP contribution >= 0.6 is 11.3 Å². The van der Waals surface area contributed by atoms with E-state index in [2.05, 4.69) is 14.9 Å². The summed E-state index contributed by atoms with van der Waals surface area (Å²) in [7, 11) is 0. The number of hydrogen-bond donors (Lipinski definition) is 1. The summed E-state index contributed by atoms with van der Waals surface area (Å²) in [4.78, 5) is 25.9. The lowest BCUT2D eigenvalue weighted by Gasteiger charge is -2.34. The number of thiazole rings is 1. The van der Waals surface area contributed by atoms with Crippen molar-refractivity contribution in [3.8, 4) is 10.7 Å². The molecule has 0 unspecified atom stereocenters. The summed E-state index contributed by atoms with van der Waals surface area (Å²) in [6.45, 7) is 5.40. The molecule has 0 saturated carbocycles. The van der Waals surface area contributed by atoms with Crippen molar-refractivity contribution >= 4 is 17.2 Å². The van der Waals surface area contributed by atoms with Crippen LogP contribution in [0.4, 0.5) is 0 Å². The third kappa shape index (κ3) is 3.93. The Bertz CT molecular complexity index is 651. The number of pyridine rings is 1. The molecule has 0 bridgehead atoms. The zero-order valence-corrected chi connectivity index (χ0v) is 13.9. The summed E-state index contributed by atoms with van der Waals surface area (Å²) < 4.78 is 0. The summed E-state index contributed by atoms with van der Waals surface area (Å²) >= 11 is 1.38. The first-order valence-electron chi connectivity index (χ1n) is 7.70. The van der Waals surface area contributed by atoms with Gasteiger partial charge in [0.25, 0.3) is 5.91 Å². The van der Waals surface area contributed by atoms with Gasteiger partial charge in [-0.3, -0.25) is 14.7 Å². The second kappa shape index (κ2) is 7.16. The molecule has 0 radical (unpaired) electrons. The van der Waals surface area contributed by atoms with Crippen LogP contribution < -0.4 is 0 Å². The lowest BCUT2D eigenvalue weighted by molar-refractivity contribution is 0.0558. The third-order valence-electron chi connectivity index (χ3n) is 3.78. The molecule has 7 heteroatoms. The minimum absolute atomic E-state index is 0.0291. The largest absolute Gasteiger partial charge is 0.392 e. The van der Waals surface area contributed by atoms with E-state index in [9.17, 15) is 9.90 Å². The van der Waals surface area contributed by atoms with E-state index in [0.717, 1.165) is 23.8 Å². The molecule has 1 atom stereocenters. The minimum Gasteiger partial charge on any atom is -0.392 e. The van der Waals surface area contributed by atoms with E-state index >= 15 is 0 Å². The van der Waals surface area contributed by atoms with Gasteiger partial charge in [-0.1, -0.05) is 6.07 Å². The van der Waals surface area contributed by atoms with E-state index in [1.807, 2.05) is 23.1 Å². The van der Waals surface area contributed by atoms with Gasteiger partial charge < -0.3 is 10.0 Å². The number of carbonyl (C=O) groups is 1. The van der Waals surface area contributed by atoms with Crippen molar-refractivity contribution in [1.82, 2.24) is 19.8 Å². The summed E-state index contributed by atoms with van der Waals surface area (Å²) in [5.74, 6) is 0.0291. The highest BCUT2D eigenvalue weighted by Crippen LogP contribution is 2.24. The Balaban J connectivity index is 1.62. The van der Waals surface area contributed by atoms with Gasteiger partial charge in [-0.2, -0.15) is 0 Å². The molecule has 122 valence electrons. The standard InChI is InChI=1S/C16H20N4O2S/c1-12(21)11-19-6-8-20(9-7-19)16(22)14-10-18-15(23-14)13-4-2-3-5-17-13/h2-5,10,12,21H,6-9,11H2,1H3/t12-/m1/s1. The van der Waals surface area contributed by atoms with Gasteiger partial charge in [-0.05, 0) is 19.1 Å². The van der Waals surface area contributed by atoms with Crippen LogP contribution in [0.1, 0.15) is 16.6 Å². The van der Waals surface area contributed by atoms with Crippen LogP contribution in [0.2, 0.25) is 0 Å². The Morgan fingerprint density at radius 2 is 2.09 bits per heavy atom. The fraction of sp³-hybridized carbons (Fsp3) is 0.438. The van der Waals surface area contributed by atoms with Crippen molar-refractivity contribution in [2.24, 2.45) is 0 Å². The fourth-order valence-corrected chi connectivity index (χ4v) is 3.50. The number of aliphatic hydroxyl groups is 1. The van der Waals surface area contributed by atoms with Crippen molar-refractivity contribution in [2.75, 3.05) is 32.7 Å². The smallest absolute Gasteiger partial charge is 0.265 e. The Kier molecular flexibility index (Phi) is 5.00. The van der Waals surface area contributed by atoms with Gasteiger partial charge >= 0.3 is 0 Å². The Morgan fingerprint density at radius 1 is 1.30 bits per heavy atom. The van der Waals surface area contributed by atoms with E-state index in [0.29, 0.717) is 24.5 Å². The normalized spacial score (nSPS) is 17.2. The van der Waals surface area contributed by atoms with E-state index in [1.54, 1.807) is 19.3 Å². The highest BCUT2D eigenvalue weighted by atomic mass is 32.1. The number of aromatic nitrogens is 2. The topological polar surface area (TPSA) is 69.6 Å². The van der Waals surface area contributed by atoms with Crippen molar-refractivity contribution < 1.29 is 9.90 Å². The van der Waals surface area contributed by atoms with Crippen LogP contribution in [0.15, 0.2) is 30.6 Å². The van der Waals surface area contributed by atoms with E-state index < -0.39 is 0 Å². The molecular formula is C16H20N4O2S. The molecule has 2 aromatic heterocycles. The molecule has 0 aliphatic carbocycles. The Hall–Kier alpha value is -1.83. The lowest BCUT2D eigenvalue weighted by Crippen LogP contribution is -2.50. The first kappa shape index (κ1) is 16.0. The van der Waals surface area contributed by atoms with Gasteiger partial charge in [-0.15, -0.1) is 11.3 Å². The van der Waals surface area contributed by atoms with Gasteiger partial charge in [-0.25, -0.2) is 4.98 Å². The molecule has 1 amide bonds. The molecule has 2 aromatic rings. The molecule has 1 N–H and O–H groups in total. The van der Waals surface area contributed by atoms with Crippen LogP contribution in [0.3, 0.4) is 0 Å². The van der Waals surface area contributed by atoms with E-state index in [-0.39, 0.29) is 12.0 Å². The van der Waals surface area contributed by atoms with E-state index in [1.165, 1.54) is 11.3 Å². The van der Waals surface area contributed by atoms with Crippen molar-refractivity contribution in [2.45, 2.75) is 13.0 Å². The fourth-order valence-electron chi connectivity index (χ4n) is 2.64. The summed E-state index contributed by atoms with van der Waals surface area (Å²) in [6, 6.07) is 5.66. The summed E-state index contributed by atoms with van der Waals surface area (Å²) in [5.41, 5.74) is 0.790. The van der Waals surface area contributed by atoms with Crippen LogP contribution in [0.25, 0.3) is 10.7 Å². The van der Waals surface area contributed by atoms with Crippen LogP contribution in [0.5, 0.6) is 0 Å². The highest BCUT2D eigenvalue weighted by molar-refractivity contribution is 7.16. The number of nitrogens with zero attached hydrogens (tertiary/aromatic N) is 4. The average Bonchev–Trinajstić information content (AvgIpc) is 3.05. The quantitative estimate of drug-likeness (QED) is 0.915. The molecule has 1 aliphatic heterocycles. The summed E-state index contributed by atoms with van der Waals surface area (Å²) in [6.07, 6.45) is 3.03. The maximum Gasteiger partial charge on any atom is 0.265 e. The first-order valence-corrected chi connectivity index (χ1v) is 8.52. The van der Waals surface area contributed by atoms with Gasteiger partial charge in [0.15, 0.2) is 0 Å². The zero-order chi connectivity index (χ0) is 16.2. The monoisotopic (exact) mass is 332 g/mol. The molecular weight excluding hydrogens is 312 g/mol. The number of β-amino-alcohol motifs (C(OH)–C–C–N with tert-alkyl or cyclic N) is 1. The number of hydrogen-bond acceptors (Lipinski definition) is 6. The van der Waals surface area contributed by atoms with Gasteiger partial charge in [0.2, 0.25) is 0 Å². The number of rotatable bonds is 4. The number of amides is 1. The molecule has 1 fully saturated rings. The molecule has 1 saturated heterocycles. The zero-order valence-electron chi connectivity index (χ0n) is 13.1. The minimum atomic E-state index is -0.334. The van der Waals surface area contributed by atoms with Crippen molar-refractivity contribution in [3.63, 3.8) is 0 Å². The first-order chi connectivity index (χ1) is 11.1. The molecule has 1 aliphatic rings. The maximum absolute atomic E-state index is 12.6. The SMILES string of the molecule is C[C@@H](O)CN1CCN(C(=O)c2cnc(-c3ccccn3)s2)CC1. The Labute approximate surface area is 139 Å². The van der Waals surface area contributed by atoms with E-state index in [4.69, 9.17) is 0 Å². The van der Waals surface area contributed by atoms with Gasteiger partial charge in [0.05, 0.1) is 18.0 Å². The number of piperazine rings is 1. The molecule has 0 aromatic carbocycles. The summed E-state index contributed by atoms with van der Waals surface area (Å²) in [5, 5.41) is 10.2. The highest BCUT2D eigenvalue weighted by Gasteiger charge is 2.24. The molecule has 23 heavy (non-hydrogen) atoms. The second-order valence-electron chi connectivity index (χ2n) is 5.69. The molecule has 3 rings (SSSR count). The average molecular weight is 332 g/mol. The lowest BCUT2D eigenvalue weighted by atomic mass is 10.2. The molecule has 6 nitrogen and oxygen atoms in total. The van der Waals surface area contributed by atoms with Crippen LogP contribution in [-0.2, 0) is 0 Å². The van der Waals surface area contributed by atoms with Gasteiger partial charge in [0, 0.05) is 38.9 Å². The number of carbonyl (C=O) groups excluding carboxylic acids is 1. The third-order valence-corrected chi connectivity index (χ3v) is 4.79. The predicted molar refractivity (Wildman–Crippen MR) is 89.4 cm³/mol. The second-order valence-corrected chi connectivity index (χ2v) is 6.72. The maximum atomic E-state index is 12.6. The van der Waals surface area contributed by atoms with Crippen LogP contribution in [0, 0.1) is 0 Å². The predicted octanol–water partition coefficient (Wildman–Crippen LogP) is 1.34. The van der Waals surface area contributed by atoms with Crippen LogP contribution in [-0.4, -0.2) is 69.6 Å². The van der Waals surface area contributed by atoms with Gasteiger partial charge in [0.1, 0.15) is 9.88 Å². The van der Waals surface area contributed by atoms with Crippen molar-refractivity contribution in [1.29, 1.82) is 0 Å². The Morgan fingerprint density at radius 3 is 2.74 bits per heavy atom. The number of aliphatic hydroxyl groups excluding tert-OH is 1.